The van der Waals surface area contributed by atoms with Gasteiger partial charge in [-0.1, -0.05) is 13.8 Å². The Morgan fingerprint density at radius 2 is 1.85 bits per heavy atom. The summed E-state index contributed by atoms with van der Waals surface area (Å²) in [6.45, 7) is 10.1. The van der Waals surface area contributed by atoms with E-state index >= 15 is 0 Å². The molecule has 1 atom stereocenters. The molecule has 3 aromatic rings. The number of aromatic amines is 1. The standard InChI is InChI=1S/C26H35N11O2/c1-25(2)15-26(3,21(38)39-20-14-27-7-8-28-20)37(16-25)24-31-22(29-19-13-18(33-34-19)17-5-6-17)30-23(32-24)36-11-9-35(4)10-12-36/h7-8,13-14,17H,5-6,9-12,15-16H2,1-4H3,(H2,29,30,31,32,33,34)/t26-/m0/s1. The zero-order chi connectivity index (χ0) is 27.2. The summed E-state index contributed by atoms with van der Waals surface area (Å²) < 4.78 is 5.69. The zero-order valence-corrected chi connectivity index (χ0v) is 22.9. The van der Waals surface area contributed by atoms with Crippen molar-refractivity contribution in [2.45, 2.75) is 51.5 Å². The van der Waals surface area contributed by atoms with Gasteiger partial charge in [-0.3, -0.25) is 10.1 Å². The lowest BCUT2D eigenvalue weighted by Crippen LogP contribution is -2.51. The molecule has 39 heavy (non-hydrogen) atoms. The molecule has 0 unspecified atom stereocenters. The van der Waals surface area contributed by atoms with Crippen molar-refractivity contribution in [1.29, 1.82) is 0 Å². The molecular formula is C26H35N11O2. The first-order chi connectivity index (χ1) is 18.7. The van der Waals surface area contributed by atoms with Gasteiger partial charge in [0.1, 0.15) is 5.54 Å². The Balaban J connectivity index is 1.35. The Morgan fingerprint density at radius 3 is 2.56 bits per heavy atom. The number of likely N-dealkylation sites (N-methyl/N-ethyl adjacent to an activating group) is 1. The number of nitrogens with one attached hydrogen (secondary N) is 2. The number of H-pyrrole nitrogens is 1. The highest BCUT2D eigenvalue weighted by Gasteiger charge is 2.53. The molecule has 3 fully saturated rings. The average molecular weight is 534 g/mol. The van der Waals surface area contributed by atoms with Crippen LogP contribution in [0.25, 0.3) is 0 Å². The van der Waals surface area contributed by atoms with Crippen LogP contribution in [0.4, 0.5) is 23.7 Å². The number of ether oxygens (including phenoxy) is 1. The van der Waals surface area contributed by atoms with Gasteiger partial charge in [0.2, 0.25) is 23.7 Å². The summed E-state index contributed by atoms with van der Waals surface area (Å²) in [6, 6.07) is 2.01. The van der Waals surface area contributed by atoms with Crippen LogP contribution >= 0.6 is 0 Å². The highest BCUT2D eigenvalue weighted by atomic mass is 16.5. The predicted octanol–water partition coefficient (Wildman–Crippen LogP) is 2.36. The van der Waals surface area contributed by atoms with Gasteiger partial charge in [-0.2, -0.15) is 20.1 Å². The first kappa shape index (κ1) is 25.4. The normalized spacial score (nSPS) is 23.2. The molecule has 2 aliphatic heterocycles. The zero-order valence-electron chi connectivity index (χ0n) is 22.9. The van der Waals surface area contributed by atoms with E-state index in [2.05, 4.69) is 56.2 Å². The Morgan fingerprint density at radius 1 is 1.08 bits per heavy atom. The number of aromatic nitrogens is 7. The fourth-order valence-electron chi connectivity index (χ4n) is 5.50. The first-order valence-corrected chi connectivity index (χ1v) is 13.5. The number of carbonyl (C=O) groups excluding carboxylic acids is 1. The molecule has 0 bridgehead atoms. The smallest absolute Gasteiger partial charge is 0.338 e. The van der Waals surface area contributed by atoms with E-state index in [1.807, 2.05) is 17.9 Å². The first-order valence-electron chi connectivity index (χ1n) is 13.5. The summed E-state index contributed by atoms with van der Waals surface area (Å²) in [6.07, 6.45) is 7.38. The highest BCUT2D eigenvalue weighted by Crippen LogP contribution is 2.44. The monoisotopic (exact) mass is 533 g/mol. The second kappa shape index (κ2) is 9.70. The van der Waals surface area contributed by atoms with Gasteiger partial charge in [0.25, 0.3) is 0 Å². The third-order valence-electron chi connectivity index (χ3n) is 7.68. The van der Waals surface area contributed by atoms with Crippen LogP contribution in [0.5, 0.6) is 5.88 Å². The SMILES string of the molecule is CN1CCN(c2nc(Nc3cc(C4CC4)[nH]n3)nc(N3CC(C)(C)C[C@@]3(C)C(=O)Oc3cnccn3)n2)CC1. The molecule has 0 amide bonds. The van der Waals surface area contributed by atoms with Crippen molar-refractivity contribution in [2.75, 3.05) is 54.9 Å². The molecule has 3 aliphatic rings. The van der Waals surface area contributed by atoms with Gasteiger partial charge in [-0.05, 0) is 38.6 Å². The van der Waals surface area contributed by atoms with E-state index in [0.29, 0.717) is 42.5 Å². The maximum atomic E-state index is 13.6. The number of esters is 1. The Hall–Kier alpha value is -3.87. The lowest BCUT2D eigenvalue weighted by Gasteiger charge is -2.35. The van der Waals surface area contributed by atoms with Gasteiger partial charge in [0, 0.05) is 62.8 Å². The number of rotatable bonds is 7. The van der Waals surface area contributed by atoms with Crippen LogP contribution in [0.1, 0.15) is 51.6 Å². The Kier molecular flexibility index (Phi) is 6.32. The van der Waals surface area contributed by atoms with Gasteiger partial charge < -0.3 is 24.8 Å². The number of nitrogens with zero attached hydrogens (tertiary/aromatic N) is 9. The molecular weight excluding hydrogens is 498 g/mol. The Bertz CT molecular complexity index is 1330. The quantitative estimate of drug-likeness (QED) is 0.431. The molecule has 206 valence electrons. The van der Waals surface area contributed by atoms with Gasteiger partial charge in [0.15, 0.2) is 5.82 Å². The number of hydrogen-bond donors (Lipinski definition) is 2. The third kappa shape index (κ3) is 5.35. The van der Waals surface area contributed by atoms with Crippen molar-refractivity contribution in [1.82, 2.24) is 40.0 Å². The lowest BCUT2D eigenvalue weighted by atomic mass is 9.85. The van der Waals surface area contributed by atoms with Crippen LogP contribution < -0.4 is 19.9 Å². The van der Waals surface area contributed by atoms with Gasteiger partial charge in [-0.15, -0.1) is 0 Å². The molecule has 6 rings (SSSR count). The highest BCUT2D eigenvalue weighted by molar-refractivity contribution is 5.87. The molecule has 13 nitrogen and oxygen atoms in total. The maximum absolute atomic E-state index is 13.6. The Labute approximate surface area is 227 Å². The van der Waals surface area contributed by atoms with E-state index in [9.17, 15) is 4.79 Å². The fraction of sp³-hybridized carbons (Fsp3) is 0.577. The molecule has 3 aromatic heterocycles. The van der Waals surface area contributed by atoms with Gasteiger partial charge >= 0.3 is 5.97 Å². The predicted molar refractivity (Wildman–Crippen MR) is 145 cm³/mol. The van der Waals surface area contributed by atoms with Gasteiger partial charge in [-0.25, -0.2) is 9.78 Å². The van der Waals surface area contributed by atoms with Crippen molar-refractivity contribution in [3.8, 4) is 5.88 Å². The van der Waals surface area contributed by atoms with Crippen LogP contribution in [0.15, 0.2) is 24.7 Å². The molecule has 0 radical (unpaired) electrons. The van der Waals surface area contributed by atoms with E-state index < -0.39 is 11.5 Å². The van der Waals surface area contributed by atoms with Crippen LogP contribution in [0.2, 0.25) is 0 Å². The minimum atomic E-state index is -1.02. The average Bonchev–Trinajstić information content (AvgIpc) is 3.59. The minimum absolute atomic E-state index is 0.162. The van der Waals surface area contributed by atoms with Crippen molar-refractivity contribution in [3.05, 3.63) is 30.4 Å². The fourth-order valence-corrected chi connectivity index (χ4v) is 5.50. The van der Waals surface area contributed by atoms with E-state index in [1.54, 1.807) is 0 Å². The van der Waals surface area contributed by atoms with E-state index in [-0.39, 0.29) is 11.3 Å². The number of piperazine rings is 1. The molecule has 5 heterocycles. The number of hydrogen-bond acceptors (Lipinski definition) is 12. The second-order valence-corrected chi connectivity index (χ2v) is 11.8. The number of anilines is 4. The molecule has 2 N–H and O–H groups in total. The second-order valence-electron chi connectivity index (χ2n) is 11.8. The summed E-state index contributed by atoms with van der Waals surface area (Å²) in [7, 11) is 2.11. The van der Waals surface area contributed by atoms with Crippen molar-refractivity contribution in [3.63, 3.8) is 0 Å². The van der Waals surface area contributed by atoms with Crippen LogP contribution in [0, 0.1) is 5.41 Å². The molecule has 1 saturated carbocycles. The number of carbonyl (C=O) groups is 1. The summed E-state index contributed by atoms with van der Waals surface area (Å²) in [5.41, 5.74) is -0.0948. The molecule has 13 heteroatoms. The minimum Gasteiger partial charge on any atom is -0.404 e. The summed E-state index contributed by atoms with van der Waals surface area (Å²) >= 11 is 0. The summed E-state index contributed by atoms with van der Waals surface area (Å²) in [4.78, 5) is 42.6. The summed E-state index contributed by atoms with van der Waals surface area (Å²) in [5.74, 6) is 2.32. The molecule has 0 spiro atoms. The lowest BCUT2D eigenvalue weighted by molar-refractivity contribution is -0.140. The van der Waals surface area contributed by atoms with E-state index in [4.69, 9.17) is 19.7 Å². The van der Waals surface area contributed by atoms with Crippen LogP contribution in [-0.4, -0.2) is 91.3 Å². The molecule has 2 saturated heterocycles. The molecule has 1 aliphatic carbocycles. The van der Waals surface area contributed by atoms with Crippen LogP contribution in [-0.2, 0) is 4.79 Å². The van der Waals surface area contributed by atoms with Crippen LogP contribution in [0.3, 0.4) is 0 Å². The van der Waals surface area contributed by atoms with Crippen molar-refractivity contribution >= 4 is 29.6 Å². The van der Waals surface area contributed by atoms with Gasteiger partial charge in [0.05, 0.1) is 6.20 Å². The topological polar surface area (TPSA) is 141 Å². The van der Waals surface area contributed by atoms with Crippen molar-refractivity contribution in [2.24, 2.45) is 5.41 Å². The summed E-state index contributed by atoms with van der Waals surface area (Å²) in [5, 5.41) is 10.8. The third-order valence-corrected chi connectivity index (χ3v) is 7.68. The maximum Gasteiger partial charge on any atom is 0.338 e. The van der Waals surface area contributed by atoms with E-state index in [1.165, 1.54) is 31.4 Å². The largest absolute Gasteiger partial charge is 0.404 e. The molecule has 0 aromatic carbocycles. The van der Waals surface area contributed by atoms with Crippen molar-refractivity contribution < 1.29 is 9.53 Å². The van der Waals surface area contributed by atoms with E-state index in [0.717, 1.165) is 31.9 Å².